The van der Waals surface area contributed by atoms with Gasteiger partial charge in [-0.05, 0) is 56.7 Å². The second kappa shape index (κ2) is 10.7. The molecule has 18 heavy (non-hydrogen) atoms. The first-order chi connectivity index (χ1) is 8.20. The van der Waals surface area contributed by atoms with Crippen LogP contribution >= 0.6 is 15.9 Å². The first-order valence-electron chi connectivity index (χ1n) is 6.23. The summed E-state index contributed by atoms with van der Waals surface area (Å²) >= 11 is 3.45. The quantitative estimate of drug-likeness (QED) is 0.389. The van der Waals surface area contributed by atoms with Crippen molar-refractivity contribution in [3.8, 4) is 0 Å². The molecule has 2 rings (SSSR count). The summed E-state index contributed by atoms with van der Waals surface area (Å²) in [6.45, 7) is 4.17. The number of rotatable bonds is 0. The Morgan fingerprint density at radius 3 is 1.61 bits per heavy atom. The third-order valence-corrected chi connectivity index (χ3v) is 3.52. The van der Waals surface area contributed by atoms with E-state index in [2.05, 4.69) is 72.3 Å². The van der Waals surface area contributed by atoms with E-state index in [4.69, 9.17) is 0 Å². The van der Waals surface area contributed by atoms with E-state index in [9.17, 15) is 0 Å². The molecule has 0 fully saturated rings. The average Bonchev–Trinajstić information content (AvgIpc) is 2.24. The minimum Gasteiger partial charge on any atom is -0.0882 e. The van der Waals surface area contributed by atoms with Gasteiger partial charge in [-0.2, -0.15) is 0 Å². The van der Waals surface area contributed by atoms with E-state index in [1.165, 1.54) is 41.3 Å². The van der Waals surface area contributed by atoms with Gasteiger partial charge in [0.1, 0.15) is 0 Å². The molecule has 0 atom stereocenters. The molecule has 1 aliphatic rings. The zero-order valence-corrected chi connectivity index (χ0v) is 14.4. The van der Waals surface area contributed by atoms with Crippen molar-refractivity contribution >= 4 is 15.9 Å². The smallest absolute Gasteiger partial charge is 0.0207 e. The van der Waals surface area contributed by atoms with Gasteiger partial charge in [-0.1, -0.05) is 52.4 Å². The van der Waals surface area contributed by atoms with Crippen molar-refractivity contribution < 1.29 is 19.5 Å². The van der Waals surface area contributed by atoms with Crippen LogP contribution in [0.5, 0.6) is 0 Å². The van der Waals surface area contributed by atoms with Crippen molar-refractivity contribution in [3.05, 3.63) is 58.1 Å². The van der Waals surface area contributed by atoms with Crippen molar-refractivity contribution in [2.75, 3.05) is 0 Å². The molecule has 0 aliphatic heterocycles. The molecule has 0 spiro atoms. The Hall–Kier alpha value is -0.197. The maximum atomic E-state index is 3.45. The van der Waals surface area contributed by atoms with E-state index < -0.39 is 0 Å². The molecule has 0 saturated carbocycles. The van der Waals surface area contributed by atoms with Crippen LogP contribution in [0.15, 0.2) is 47.0 Å². The molecule has 2 heteroatoms. The molecule has 0 heterocycles. The van der Waals surface area contributed by atoms with Crippen molar-refractivity contribution in [2.45, 2.75) is 39.5 Å². The van der Waals surface area contributed by atoms with Crippen LogP contribution in [0, 0.1) is 13.8 Å². The zero-order chi connectivity index (χ0) is 12.5. The van der Waals surface area contributed by atoms with Gasteiger partial charge in [0.05, 0.1) is 0 Å². The molecule has 0 saturated heterocycles. The zero-order valence-electron chi connectivity index (χ0n) is 11.1. The van der Waals surface area contributed by atoms with E-state index >= 15 is 0 Å². The number of aryl methyl sites for hydroxylation is 2. The van der Waals surface area contributed by atoms with Gasteiger partial charge >= 0.3 is 0 Å². The summed E-state index contributed by atoms with van der Waals surface area (Å²) in [5.74, 6) is 0. The number of hydrogen-bond acceptors (Lipinski definition) is 0. The summed E-state index contributed by atoms with van der Waals surface area (Å²) < 4.78 is 1.20. The fourth-order valence-electron chi connectivity index (χ4n) is 1.55. The fourth-order valence-corrected chi connectivity index (χ4v) is 2.05. The minimum atomic E-state index is 0. The SMILES string of the molecule is C1=C\CC/C=C\CC/1.Cc1ccc(C)c(Br)c1.[Ru]. The first-order valence-corrected chi connectivity index (χ1v) is 7.02. The predicted octanol–water partition coefficient (Wildman–Crippen LogP) is 5.74. The maximum absolute atomic E-state index is 3.45. The van der Waals surface area contributed by atoms with E-state index in [-0.39, 0.29) is 19.5 Å². The van der Waals surface area contributed by atoms with Gasteiger partial charge in [0.25, 0.3) is 0 Å². The minimum absolute atomic E-state index is 0. The summed E-state index contributed by atoms with van der Waals surface area (Å²) in [5, 5.41) is 0. The van der Waals surface area contributed by atoms with Gasteiger partial charge in [-0.25, -0.2) is 0 Å². The summed E-state index contributed by atoms with van der Waals surface area (Å²) in [6.07, 6.45) is 14.0. The summed E-state index contributed by atoms with van der Waals surface area (Å²) in [6, 6.07) is 6.34. The topological polar surface area (TPSA) is 0 Å². The average molecular weight is 394 g/mol. The second-order valence-electron chi connectivity index (χ2n) is 4.35. The number of hydrogen-bond donors (Lipinski definition) is 0. The molecule has 0 aromatic heterocycles. The fraction of sp³-hybridized carbons (Fsp3) is 0.375. The van der Waals surface area contributed by atoms with Gasteiger partial charge in [-0.15, -0.1) is 0 Å². The number of allylic oxidation sites excluding steroid dienone is 4. The van der Waals surface area contributed by atoms with Gasteiger partial charge in [-0.3, -0.25) is 0 Å². The van der Waals surface area contributed by atoms with Gasteiger partial charge < -0.3 is 0 Å². The van der Waals surface area contributed by atoms with Crippen molar-refractivity contribution in [3.63, 3.8) is 0 Å². The largest absolute Gasteiger partial charge is 0.0882 e. The van der Waals surface area contributed by atoms with Crippen LogP contribution in [-0.2, 0) is 19.5 Å². The molecular weight excluding hydrogens is 373 g/mol. The standard InChI is InChI=1S/C8H9Br.C8H12.Ru/c1-6-3-4-7(2)8(9)5-6;1-2-4-6-8-7-5-3-1;/h3-5H,1-2H3;1-2,7-8H,3-6H2;/b;2-1-,8-7-;. The maximum Gasteiger partial charge on any atom is 0.0207 e. The first kappa shape index (κ1) is 17.8. The van der Waals surface area contributed by atoms with Crippen LogP contribution in [0.3, 0.4) is 0 Å². The Bertz CT molecular complexity index is 368. The van der Waals surface area contributed by atoms with Crippen molar-refractivity contribution in [1.82, 2.24) is 0 Å². The summed E-state index contributed by atoms with van der Waals surface area (Å²) in [4.78, 5) is 0. The van der Waals surface area contributed by atoms with Gasteiger partial charge in [0, 0.05) is 24.0 Å². The van der Waals surface area contributed by atoms with Gasteiger partial charge in [0.2, 0.25) is 0 Å². The monoisotopic (exact) mass is 394 g/mol. The van der Waals surface area contributed by atoms with E-state index in [0.717, 1.165) is 0 Å². The van der Waals surface area contributed by atoms with Crippen LogP contribution in [-0.4, -0.2) is 0 Å². The molecule has 0 bridgehead atoms. The second-order valence-corrected chi connectivity index (χ2v) is 5.20. The normalized spacial score (nSPS) is 17.3. The van der Waals surface area contributed by atoms with E-state index in [1.807, 2.05) is 0 Å². The van der Waals surface area contributed by atoms with Crippen LogP contribution in [0.25, 0.3) is 0 Å². The molecule has 0 radical (unpaired) electrons. The molecule has 0 N–H and O–H groups in total. The Labute approximate surface area is 132 Å². The molecule has 100 valence electrons. The third-order valence-electron chi connectivity index (χ3n) is 2.66. The molecule has 0 amide bonds. The van der Waals surface area contributed by atoms with Crippen LogP contribution in [0.4, 0.5) is 0 Å². The Balaban J connectivity index is 0.000000306. The molecule has 1 aromatic carbocycles. The summed E-state index contributed by atoms with van der Waals surface area (Å²) in [5.41, 5.74) is 2.59. The van der Waals surface area contributed by atoms with Crippen LogP contribution < -0.4 is 0 Å². The van der Waals surface area contributed by atoms with Crippen LogP contribution in [0.1, 0.15) is 36.8 Å². The number of benzene rings is 1. The van der Waals surface area contributed by atoms with E-state index in [0.29, 0.717) is 0 Å². The molecule has 1 aromatic rings. The molecule has 0 nitrogen and oxygen atoms in total. The molecular formula is C16H21BrRu. The van der Waals surface area contributed by atoms with E-state index in [1.54, 1.807) is 0 Å². The van der Waals surface area contributed by atoms with Crippen molar-refractivity contribution in [2.24, 2.45) is 0 Å². The predicted molar refractivity (Wildman–Crippen MR) is 80.4 cm³/mol. The Morgan fingerprint density at radius 1 is 0.833 bits per heavy atom. The molecule has 1 aliphatic carbocycles. The van der Waals surface area contributed by atoms with Gasteiger partial charge in [0.15, 0.2) is 0 Å². The molecule has 0 unspecified atom stereocenters. The third kappa shape index (κ3) is 8.00. The number of halogens is 1. The summed E-state index contributed by atoms with van der Waals surface area (Å²) in [7, 11) is 0. The Morgan fingerprint density at radius 2 is 1.28 bits per heavy atom. The van der Waals surface area contributed by atoms with Crippen molar-refractivity contribution in [1.29, 1.82) is 0 Å². The Kier molecular flexibility index (Phi) is 10.6. The van der Waals surface area contributed by atoms with Crippen LogP contribution in [0.2, 0.25) is 0 Å².